The van der Waals surface area contributed by atoms with Gasteiger partial charge in [-0.1, -0.05) is 6.07 Å². The van der Waals surface area contributed by atoms with Crippen LogP contribution in [0.15, 0.2) is 36.7 Å². The average Bonchev–Trinajstić information content (AvgIpc) is 3.08. The number of likely N-dealkylation sites (tertiary alicyclic amines) is 1. The Bertz CT molecular complexity index is 944. The van der Waals surface area contributed by atoms with Crippen molar-refractivity contribution in [3.8, 4) is 11.1 Å². The number of hydrogen-bond donors (Lipinski definition) is 2. The Labute approximate surface area is 151 Å². The number of nitrogens with one attached hydrogen (secondary N) is 1. The van der Waals surface area contributed by atoms with E-state index in [-0.39, 0.29) is 12.1 Å². The molecule has 1 fully saturated rings. The number of amides is 2. The van der Waals surface area contributed by atoms with Gasteiger partial charge < -0.3 is 10.6 Å². The number of urea groups is 1. The number of nitrogens with two attached hydrogens (primary N) is 1. The van der Waals surface area contributed by atoms with E-state index in [0.29, 0.717) is 18.9 Å². The molecular weight excluding hydrogens is 330 g/mol. The lowest BCUT2D eigenvalue weighted by molar-refractivity contribution is 0.195. The molecule has 1 aromatic carbocycles. The van der Waals surface area contributed by atoms with Crippen LogP contribution in [0.4, 0.5) is 10.6 Å². The number of hydrogen-bond acceptors (Lipinski definition) is 5. The van der Waals surface area contributed by atoms with Gasteiger partial charge in [0.05, 0.1) is 11.7 Å². The highest BCUT2D eigenvalue weighted by Gasteiger charge is 2.21. The maximum Gasteiger partial charge on any atom is 0.323 e. The van der Waals surface area contributed by atoms with Crippen molar-refractivity contribution in [1.82, 2.24) is 24.9 Å². The van der Waals surface area contributed by atoms with Crippen molar-refractivity contribution in [3.63, 3.8) is 0 Å². The number of aryl methyl sites for hydroxylation is 1. The molecule has 3 heterocycles. The van der Waals surface area contributed by atoms with Gasteiger partial charge in [0.2, 0.25) is 0 Å². The van der Waals surface area contributed by atoms with E-state index in [4.69, 9.17) is 5.73 Å². The molecule has 0 bridgehead atoms. The van der Waals surface area contributed by atoms with E-state index in [2.05, 4.69) is 20.6 Å². The Morgan fingerprint density at radius 2 is 2.00 bits per heavy atom. The Kier molecular flexibility index (Phi) is 4.26. The number of carbonyl (C=O) groups excluding carboxylic acids is 1. The summed E-state index contributed by atoms with van der Waals surface area (Å²) in [5.74, 6) is 0.445. The zero-order valence-corrected chi connectivity index (χ0v) is 14.6. The van der Waals surface area contributed by atoms with Gasteiger partial charge in [0.25, 0.3) is 0 Å². The number of aromatic nitrogens is 4. The Morgan fingerprint density at radius 1 is 1.19 bits per heavy atom. The molecular formula is C18H21N7O. The Balaban J connectivity index is 1.55. The standard InChI is InChI=1S/C18H21N7O/c1-24-11-14(10-20-24)12-2-3-16-13(8-12)9-17(23-22-16)21-18(26)25-6-4-15(19)5-7-25/h2-3,8-11,15H,4-7,19H2,1H3,(H,21,23,26). The highest BCUT2D eigenvalue weighted by atomic mass is 16.2. The summed E-state index contributed by atoms with van der Waals surface area (Å²) < 4.78 is 1.76. The lowest BCUT2D eigenvalue weighted by Crippen LogP contribution is -2.44. The largest absolute Gasteiger partial charge is 0.328 e. The zero-order chi connectivity index (χ0) is 18.1. The van der Waals surface area contributed by atoms with Gasteiger partial charge in [0.1, 0.15) is 0 Å². The molecule has 8 nitrogen and oxygen atoms in total. The summed E-state index contributed by atoms with van der Waals surface area (Å²) in [6.07, 6.45) is 5.43. The van der Waals surface area contributed by atoms with E-state index < -0.39 is 0 Å². The molecule has 1 saturated heterocycles. The molecule has 1 aliphatic rings. The molecule has 26 heavy (non-hydrogen) atoms. The third kappa shape index (κ3) is 3.36. The first-order chi connectivity index (χ1) is 12.6. The van der Waals surface area contributed by atoms with Gasteiger partial charge in [0, 0.05) is 43.3 Å². The number of nitrogens with zero attached hydrogens (tertiary/aromatic N) is 5. The SMILES string of the molecule is Cn1cc(-c2ccc3nnc(NC(=O)N4CCC(N)CC4)cc3c2)cn1. The molecule has 3 aromatic rings. The van der Waals surface area contributed by atoms with Crippen LogP contribution in [0.3, 0.4) is 0 Å². The van der Waals surface area contributed by atoms with Gasteiger partial charge in [-0.3, -0.25) is 10.00 Å². The lowest BCUT2D eigenvalue weighted by atomic mass is 10.1. The summed E-state index contributed by atoms with van der Waals surface area (Å²) in [5, 5.41) is 16.3. The summed E-state index contributed by atoms with van der Waals surface area (Å²) in [7, 11) is 1.89. The number of carbonyl (C=O) groups is 1. The van der Waals surface area contributed by atoms with Crippen LogP contribution in [0.5, 0.6) is 0 Å². The molecule has 2 aromatic heterocycles. The van der Waals surface area contributed by atoms with Crippen molar-refractivity contribution < 1.29 is 4.79 Å². The number of piperidine rings is 1. The van der Waals surface area contributed by atoms with Crippen LogP contribution < -0.4 is 11.1 Å². The molecule has 4 rings (SSSR count). The number of rotatable bonds is 2. The van der Waals surface area contributed by atoms with Crippen molar-refractivity contribution in [2.24, 2.45) is 12.8 Å². The predicted octanol–water partition coefficient (Wildman–Crippen LogP) is 1.99. The molecule has 0 unspecified atom stereocenters. The molecule has 3 N–H and O–H groups in total. The molecule has 0 radical (unpaired) electrons. The van der Waals surface area contributed by atoms with E-state index >= 15 is 0 Å². The lowest BCUT2D eigenvalue weighted by Gasteiger charge is -2.29. The fourth-order valence-electron chi connectivity index (χ4n) is 3.15. The molecule has 0 saturated carbocycles. The number of benzene rings is 1. The van der Waals surface area contributed by atoms with Crippen molar-refractivity contribution >= 4 is 22.8 Å². The topological polar surface area (TPSA) is 102 Å². The molecule has 0 spiro atoms. The van der Waals surface area contributed by atoms with Gasteiger partial charge in [-0.25, -0.2) is 4.79 Å². The molecule has 134 valence electrons. The van der Waals surface area contributed by atoms with E-state index in [1.165, 1.54) is 0 Å². The minimum Gasteiger partial charge on any atom is -0.328 e. The normalized spacial score (nSPS) is 15.4. The highest BCUT2D eigenvalue weighted by Crippen LogP contribution is 2.24. The van der Waals surface area contributed by atoms with Gasteiger partial charge in [-0.2, -0.15) is 5.10 Å². The monoisotopic (exact) mass is 351 g/mol. The van der Waals surface area contributed by atoms with Gasteiger partial charge >= 0.3 is 6.03 Å². The molecule has 0 aliphatic carbocycles. The minimum absolute atomic E-state index is 0.158. The van der Waals surface area contributed by atoms with Crippen molar-refractivity contribution in [1.29, 1.82) is 0 Å². The quantitative estimate of drug-likeness (QED) is 0.735. The van der Waals surface area contributed by atoms with Crippen LogP contribution >= 0.6 is 0 Å². The van der Waals surface area contributed by atoms with Crippen LogP contribution in [0.1, 0.15) is 12.8 Å². The molecule has 1 aliphatic heterocycles. The molecule has 0 atom stereocenters. The Morgan fingerprint density at radius 3 is 2.73 bits per heavy atom. The van der Waals surface area contributed by atoms with Crippen LogP contribution in [0.25, 0.3) is 22.0 Å². The van der Waals surface area contributed by atoms with E-state index in [1.807, 2.05) is 43.7 Å². The first-order valence-electron chi connectivity index (χ1n) is 8.66. The first-order valence-corrected chi connectivity index (χ1v) is 8.66. The summed E-state index contributed by atoms with van der Waals surface area (Å²) >= 11 is 0. The van der Waals surface area contributed by atoms with E-state index in [0.717, 1.165) is 34.9 Å². The maximum atomic E-state index is 12.4. The second-order valence-electron chi connectivity index (χ2n) is 6.66. The third-order valence-corrected chi connectivity index (χ3v) is 4.69. The first kappa shape index (κ1) is 16.5. The van der Waals surface area contributed by atoms with Crippen molar-refractivity contribution in [3.05, 3.63) is 36.7 Å². The smallest absolute Gasteiger partial charge is 0.323 e. The van der Waals surface area contributed by atoms with Crippen LogP contribution in [-0.4, -0.2) is 50.0 Å². The fraction of sp³-hybridized carbons (Fsp3) is 0.333. The maximum absolute atomic E-state index is 12.4. The number of fused-ring (bicyclic) bond motifs is 1. The average molecular weight is 351 g/mol. The van der Waals surface area contributed by atoms with Crippen LogP contribution in [0, 0.1) is 0 Å². The van der Waals surface area contributed by atoms with Gasteiger partial charge in [-0.05, 0) is 36.6 Å². The van der Waals surface area contributed by atoms with Crippen molar-refractivity contribution in [2.45, 2.75) is 18.9 Å². The van der Waals surface area contributed by atoms with Crippen LogP contribution in [0.2, 0.25) is 0 Å². The highest BCUT2D eigenvalue weighted by molar-refractivity contribution is 5.91. The summed E-state index contributed by atoms with van der Waals surface area (Å²) in [5.41, 5.74) is 8.74. The van der Waals surface area contributed by atoms with E-state index in [1.54, 1.807) is 9.58 Å². The third-order valence-electron chi connectivity index (χ3n) is 4.69. The second-order valence-corrected chi connectivity index (χ2v) is 6.66. The second kappa shape index (κ2) is 6.72. The fourth-order valence-corrected chi connectivity index (χ4v) is 3.15. The van der Waals surface area contributed by atoms with E-state index in [9.17, 15) is 4.79 Å². The molecule has 8 heteroatoms. The summed E-state index contributed by atoms with van der Waals surface area (Å²) in [6, 6.07) is 7.80. The number of anilines is 1. The molecule has 2 amide bonds. The van der Waals surface area contributed by atoms with Crippen molar-refractivity contribution in [2.75, 3.05) is 18.4 Å². The van der Waals surface area contributed by atoms with Gasteiger partial charge in [-0.15, -0.1) is 10.2 Å². The zero-order valence-electron chi connectivity index (χ0n) is 14.6. The van der Waals surface area contributed by atoms with Crippen LogP contribution in [-0.2, 0) is 7.05 Å². The predicted molar refractivity (Wildman–Crippen MR) is 99.5 cm³/mol. The summed E-state index contributed by atoms with van der Waals surface area (Å²) in [4.78, 5) is 14.2. The van der Waals surface area contributed by atoms with Gasteiger partial charge in [0.15, 0.2) is 5.82 Å². The Hall–Kier alpha value is -3.00. The minimum atomic E-state index is -0.158. The summed E-state index contributed by atoms with van der Waals surface area (Å²) in [6.45, 7) is 1.33.